The average Bonchev–Trinajstić information content (AvgIpc) is 3.20. The molecule has 1 atom stereocenters. The number of aryl methyl sites for hydroxylation is 3. The summed E-state index contributed by atoms with van der Waals surface area (Å²) in [4.78, 5) is 2.74. The van der Waals surface area contributed by atoms with Crippen molar-refractivity contribution in [3.8, 4) is 0 Å². The fourth-order valence-electron chi connectivity index (χ4n) is 3.94. The summed E-state index contributed by atoms with van der Waals surface area (Å²) in [7, 11) is 0. The van der Waals surface area contributed by atoms with E-state index < -0.39 is 0 Å². The lowest BCUT2D eigenvalue weighted by Gasteiger charge is -2.46. The first kappa shape index (κ1) is 14.1. The molecule has 1 heterocycles. The first-order chi connectivity index (χ1) is 9.50. The third kappa shape index (κ3) is 2.51. The smallest absolute Gasteiger partial charge is 0.0337 e. The van der Waals surface area contributed by atoms with Crippen molar-refractivity contribution < 1.29 is 0 Å². The van der Waals surface area contributed by atoms with Gasteiger partial charge >= 0.3 is 0 Å². The van der Waals surface area contributed by atoms with Crippen molar-refractivity contribution in [3.05, 3.63) is 34.4 Å². The van der Waals surface area contributed by atoms with Crippen molar-refractivity contribution in [2.75, 3.05) is 19.6 Å². The van der Waals surface area contributed by atoms with Gasteiger partial charge in [0.25, 0.3) is 0 Å². The first-order valence-electron chi connectivity index (χ1n) is 8.03. The highest BCUT2D eigenvalue weighted by Crippen LogP contribution is 2.44. The Labute approximate surface area is 123 Å². The van der Waals surface area contributed by atoms with Crippen LogP contribution in [0.4, 0.5) is 0 Å². The van der Waals surface area contributed by atoms with E-state index in [0.29, 0.717) is 5.54 Å². The third-order valence-electron chi connectivity index (χ3n) is 5.41. The average molecular weight is 272 g/mol. The van der Waals surface area contributed by atoms with Crippen LogP contribution in [0.15, 0.2) is 12.1 Å². The van der Waals surface area contributed by atoms with Crippen LogP contribution in [0.1, 0.15) is 42.0 Å². The summed E-state index contributed by atoms with van der Waals surface area (Å²) in [6.07, 6.45) is 2.83. The Kier molecular flexibility index (Phi) is 3.64. The van der Waals surface area contributed by atoms with Gasteiger partial charge in [0.05, 0.1) is 0 Å². The number of piperazine rings is 1. The quantitative estimate of drug-likeness (QED) is 0.909. The van der Waals surface area contributed by atoms with E-state index in [1.54, 1.807) is 5.56 Å². The molecule has 110 valence electrons. The molecule has 0 radical (unpaired) electrons. The second-order valence-corrected chi connectivity index (χ2v) is 7.11. The van der Waals surface area contributed by atoms with E-state index in [2.05, 4.69) is 50.0 Å². The molecule has 0 bridgehead atoms. The third-order valence-corrected chi connectivity index (χ3v) is 5.41. The lowest BCUT2D eigenvalue weighted by atomic mass is 9.89. The summed E-state index contributed by atoms with van der Waals surface area (Å²) < 4.78 is 0. The van der Waals surface area contributed by atoms with Crippen LogP contribution in [-0.4, -0.2) is 30.1 Å². The van der Waals surface area contributed by atoms with Gasteiger partial charge in [-0.2, -0.15) is 0 Å². The number of rotatable bonds is 3. The Morgan fingerprint density at radius 3 is 2.45 bits per heavy atom. The second-order valence-electron chi connectivity index (χ2n) is 7.11. The maximum absolute atomic E-state index is 3.61. The lowest BCUT2D eigenvalue weighted by Crippen LogP contribution is -2.60. The van der Waals surface area contributed by atoms with E-state index in [1.165, 1.54) is 36.1 Å². The largest absolute Gasteiger partial charge is 0.314 e. The van der Waals surface area contributed by atoms with Gasteiger partial charge in [0, 0.05) is 31.7 Å². The zero-order chi connectivity index (χ0) is 14.3. The minimum atomic E-state index is 0.363. The maximum atomic E-state index is 3.61. The van der Waals surface area contributed by atoms with Gasteiger partial charge in [-0.05, 0) is 63.1 Å². The summed E-state index contributed by atoms with van der Waals surface area (Å²) in [5, 5.41) is 3.61. The molecule has 0 aromatic heterocycles. The Morgan fingerprint density at radius 1 is 1.20 bits per heavy atom. The highest BCUT2D eigenvalue weighted by Gasteiger charge is 2.46. The molecule has 2 fully saturated rings. The molecule has 0 spiro atoms. The predicted octanol–water partition coefficient (Wildman–Crippen LogP) is 3.19. The number of hydrogen-bond donors (Lipinski definition) is 1. The van der Waals surface area contributed by atoms with Crippen LogP contribution >= 0.6 is 0 Å². The molecule has 1 unspecified atom stereocenters. The van der Waals surface area contributed by atoms with Crippen LogP contribution in [0.2, 0.25) is 0 Å². The standard InChI is InChI=1S/C18H28N2/c1-13-9-14(2)17(15(3)10-13)11-20-8-7-19-12-18(20,4)16-5-6-16/h9-10,16,19H,5-8,11-12H2,1-4H3. The van der Waals surface area contributed by atoms with Crippen LogP contribution in [-0.2, 0) is 6.54 Å². The number of nitrogens with one attached hydrogen (secondary N) is 1. The predicted molar refractivity (Wildman–Crippen MR) is 85.1 cm³/mol. The van der Waals surface area contributed by atoms with Gasteiger partial charge < -0.3 is 5.32 Å². The van der Waals surface area contributed by atoms with E-state index in [9.17, 15) is 0 Å². The van der Waals surface area contributed by atoms with Crippen LogP contribution in [0.25, 0.3) is 0 Å². The summed E-state index contributed by atoms with van der Waals surface area (Å²) in [6, 6.07) is 4.66. The maximum Gasteiger partial charge on any atom is 0.0337 e. The van der Waals surface area contributed by atoms with Crippen molar-refractivity contribution in [3.63, 3.8) is 0 Å². The monoisotopic (exact) mass is 272 g/mol. The Balaban J connectivity index is 1.86. The summed E-state index contributed by atoms with van der Waals surface area (Å²) in [5.74, 6) is 0.904. The molecule has 1 aliphatic carbocycles. The van der Waals surface area contributed by atoms with Gasteiger partial charge in [-0.15, -0.1) is 0 Å². The van der Waals surface area contributed by atoms with Crippen molar-refractivity contribution in [1.82, 2.24) is 10.2 Å². The van der Waals surface area contributed by atoms with Gasteiger partial charge in [0.1, 0.15) is 0 Å². The molecule has 1 saturated carbocycles. The first-order valence-corrected chi connectivity index (χ1v) is 8.03. The topological polar surface area (TPSA) is 15.3 Å². The Hall–Kier alpha value is -0.860. The fraction of sp³-hybridized carbons (Fsp3) is 0.667. The molecule has 2 heteroatoms. The van der Waals surface area contributed by atoms with Crippen molar-refractivity contribution >= 4 is 0 Å². The zero-order valence-electron chi connectivity index (χ0n) is 13.4. The van der Waals surface area contributed by atoms with E-state index in [-0.39, 0.29) is 0 Å². The number of nitrogens with zero attached hydrogens (tertiary/aromatic N) is 1. The molecule has 1 aliphatic heterocycles. The number of hydrogen-bond acceptors (Lipinski definition) is 2. The summed E-state index contributed by atoms with van der Waals surface area (Å²) >= 11 is 0. The van der Waals surface area contributed by atoms with Gasteiger partial charge in [0.15, 0.2) is 0 Å². The zero-order valence-corrected chi connectivity index (χ0v) is 13.4. The molecule has 1 saturated heterocycles. The van der Waals surface area contributed by atoms with Crippen LogP contribution < -0.4 is 5.32 Å². The minimum Gasteiger partial charge on any atom is -0.314 e. The molecule has 0 amide bonds. The SMILES string of the molecule is Cc1cc(C)c(CN2CCNCC2(C)C2CC2)c(C)c1. The van der Waals surface area contributed by atoms with Crippen LogP contribution in [0.3, 0.4) is 0 Å². The Morgan fingerprint density at radius 2 is 1.85 bits per heavy atom. The molecular weight excluding hydrogens is 244 g/mol. The van der Waals surface area contributed by atoms with Gasteiger partial charge in [0.2, 0.25) is 0 Å². The number of benzene rings is 1. The highest BCUT2D eigenvalue weighted by molar-refractivity contribution is 5.37. The van der Waals surface area contributed by atoms with E-state index in [0.717, 1.165) is 25.6 Å². The second kappa shape index (κ2) is 5.16. The molecule has 1 aromatic rings. The van der Waals surface area contributed by atoms with Crippen molar-refractivity contribution in [2.24, 2.45) is 5.92 Å². The minimum absolute atomic E-state index is 0.363. The Bertz CT molecular complexity index is 481. The van der Waals surface area contributed by atoms with Crippen LogP contribution in [0, 0.1) is 26.7 Å². The molecule has 2 nitrogen and oxygen atoms in total. The molecule has 1 N–H and O–H groups in total. The van der Waals surface area contributed by atoms with Crippen molar-refractivity contribution in [1.29, 1.82) is 0 Å². The highest BCUT2D eigenvalue weighted by atomic mass is 15.3. The van der Waals surface area contributed by atoms with E-state index >= 15 is 0 Å². The van der Waals surface area contributed by atoms with Crippen molar-refractivity contribution in [2.45, 2.75) is 52.6 Å². The molecule has 2 aliphatic rings. The lowest BCUT2D eigenvalue weighted by molar-refractivity contribution is 0.0481. The van der Waals surface area contributed by atoms with Gasteiger partial charge in [-0.3, -0.25) is 4.90 Å². The molecule has 1 aromatic carbocycles. The molecule has 3 rings (SSSR count). The summed E-state index contributed by atoms with van der Waals surface area (Å²) in [5.41, 5.74) is 6.21. The van der Waals surface area contributed by atoms with Gasteiger partial charge in [-0.1, -0.05) is 17.7 Å². The summed E-state index contributed by atoms with van der Waals surface area (Å²) in [6.45, 7) is 13.8. The molecule has 20 heavy (non-hydrogen) atoms. The fourth-order valence-corrected chi connectivity index (χ4v) is 3.94. The van der Waals surface area contributed by atoms with E-state index in [1.807, 2.05) is 0 Å². The normalized spacial score (nSPS) is 27.8. The van der Waals surface area contributed by atoms with E-state index in [4.69, 9.17) is 0 Å². The van der Waals surface area contributed by atoms with Gasteiger partial charge in [-0.25, -0.2) is 0 Å². The van der Waals surface area contributed by atoms with Crippen LogP contribution in [0.5, 0.6) is 0 Å². The molecular formula is C18H28N2.